The highest BCUT2D eigenvalue weighted by Gasteiger charge is 2.27. The van der Waals surface area contributed by atoms with Crippen LogP contribution in [0.2, 0.25) is 0 Å². The van der Waals surface area contributed by atoms with Crippen molar-refractivity contribution in [2.24, 2.45) is 5.92 Å². The topological polar surface area (TPSA) is 57.6 Å². The van der Waals surface area contributed by atoms with Gasteiger partial charge in [-0.3, -0.25) is 4.79 Å². The third-order valence-corrected chi connectivity index (χ3v) is 1.70. The van der Waals surface area contributed by atoms with Gasteiger partial charge in [0.2, 0.25) is 5.91 Å². The molecule has 0 aliphatic rings. The lowest BCUT2D eigenvalue weighted by Crippen LogP contribution is -2.44. The molecule has 69 valence electrons. The Bertz CT molecular complexity index is 189. The SMILES string of the molecule is [CH2]C(=O)N(C)C(C(=O)O)C(C)C. The van der Waals surface area contributed by atoms with Gasteiger partial charge in [-0.05, 0) is 5.92 Å². The molecule has 0 fully saturated rings. The fourth-order valence-electron chi connectivity index (χ4n) is 1.05. The van der Waals surface area contributed by atoms with Crippen LogP contribution in [0.3, 0.4) is 0 Å². The first-order valence-corrected chi connectivity index (χ1v) is 3.69. The summed E-state index contributed by atoms with van der Waals surface area (Å²) in [4.78, 5) is 22.5. The van der Waals surface area contributed by atoms with Crippen molar-refractivity contribution in [1.82, 2.24) is 4.90 Å². The van der Waals surface area contributed by atoms with Gasteiger partial charge in [0.15, 0.2) is 0 Å². The minimum atomic E-state index is -0.996. The van der Waals surface area contributed by atoms with Gasteiger partial charge < -0.3 is 10.0 Å². The zero-order valence-corrected chi connectivity index (χ0v) is 7.57. The molecule has 0 aliphatic carbocycles. The van der Waals surface area contributed by atoms with Crippen molar-refractivity contribution < 1.29 is 14.7 Å². The van der Waals surface area contributed by atoms with Crippen molar-refractivity contribution >= 4 is 11.9 Å². The largest absolute Gasteiger partial charge is 0.480 e. The van der Waals surface area contributed by atoms with E-state index < -0.39 is 17.9 Å². The molecule has 1 amide bonds. The van der Waals surface area contributed by atoms with Crippen molar-refractivity contribution in [2.75, 3.05) is 7.05 Å². The molecule has 1 radical (unpaired) electrons. The summed E-state index contributed by atoms with van der Waals surface area (Å²) in [6, 6.07) is -0.782. The van der Waals surface area contributed by atoms with Gasteiger partial charge in [0, 0.05) is 14.0 Å². The smallest absolute Gasteiger partial charge is 0.326 e. The molecule has 4 nitrogen and oxygen atoms in total. The van der Waals surface area contributed by atoms with E-state index in [1.54, 1.807) is 13.8 Å². The number of amides is 1. The van der Waals surface area contributed by atoms with Gasteiger partial charge >= 0.3 is 5.97 Å². The summed E-state index contributed by atoms with van der Waals surface area (Å²) in [5.74, 6) is -1.58. The van der Waals surface area contributed by atoms with Gasteiger partial charge in [0.1, 0.15) is 6.04 Å². The zero-order valence-electron chi connectivity index (χ0n) is 7.57. The van der Waals surface area contributed by atoms with E-state index in [-0.39, 0.29) is 5.92 Å². The average Bonchev–Trinajstić information content (AvgIpc) is 1.85. The quantitative estimate of drug-likeness (QED) is 0.669. The van der Waals surface area contributed by atoms with Gasteiger partial charge in [-0.1, -0.05) is 13.8 Å². The van der Waals surface area contributed by atoms with E-state index in [4.69, 9.17) is 5.11 Å². The summed E-state index contributed by atoms with van der Waals surface area (Å²) in [6.07, 6.45) is 0. The molecule has 0 saturated heterocycles. The number of nitrogens with zero attached hydrogens (tertiary/aromatic N) is 1. The van der Waals surface area contributed by atoms with Crippen LogP contribution in [-0.4, -0.2) is 35.0 Å². The standard InChI is InChI=1S/C8H14NO3/c1-5(2)7(8(11)12)9(4)6(3)10/h5,7H,3H2,1-2,4H3,(H,11,12). The van der Waals surface area contributed by atoms with Gasteiger partial charge in [-0.15, -0.1) is 0 Å². The van der Waals surface area contributed by atoms with Crippen LogP contribution in [0, 0.1) is 12.8 Å². The van der Waals surface area contributed by atoms with E-state index in [0.29, 0.717) is 0 Å². The predicted octanol–water partition coefficient (Wildman–Crippen LogP) is 0.388. The molecule has 0 heterocycles. The number of hydrogen-bond donors (Lipinski definition) is 1. The first-order chi connectivity index (χ1) is 5.37. The molecule has 0 aromatic heterocycles. The minimum absolute atomic E-state index is 0.113. The van der Waals surface area contributed by atoms with Crippen LogP contribution < -0.4 is 0 Å². The van der Waals surface area contributed by atoms with Crippen LogP contribution in [0.25, 0.3) is 0 Å². The number of hydrogen-bond acceptors (Lipinski definition) is 2. The highest BCUT2D eigenvalue weighted by atomic mass is 16.4. The second-order valence-corrected chi connectivity index (χ2v) is 3.03. The van der Waals surface area contributed by atoms with E-state index in [9.17, 15) is 9.59 Å². The maximum Gasteiger partial charge on any atom is 0.326 e. The van der Waals surface area contributed by atoms with Crippen LogP contribution in [0.15, 0.2) is 0 Å². The van der Waals surface area contributed by atoms with Crippen LogP contribution in [-0.2, 0) is 9.59 Å². The number of carboxylic acid groups (broad SMARTS) is 1. The Labute approximate surface area is 72.2 Å². The molecule has 1 unspecified atom stereocenters. The second kappa shape index (κ2) is 4.09. The second-order valence-electron chi connectivity index (χ2n) is 3.03. The summed E-state index contributed by atoms with van der Waals surface area (Å²) in [7, 11) is 1.44. The van der Waals surface area contributed by atoms with Crippen molar-refractivity contribution in [3.8, 4) is 0 Å². The molecular formula is C8H14NO3. The van der Waals surface area contributed by atoms with E-state index in [2.05, 4.69) is 6.92 Å². The molecule has 1 N–H and O–H groups in total. The van der Waals surface area contributed by atoms with E-state index in [1.807, 2.05) is 0 Å². The fraction of sp³-hybridized carbons (Fsp3) is 0.625. The Morgan fingerprint density at radius 3 is 1.92 bits per heavy atom. The van der Waals surface area contributed by atoms with Gasteiger partial charge in [0.05, 0.1) is 0 Å². The molecule has 0 rings (SSSR count). The van der Waals surface area contributed by atoms with Crippen LogP contribution >= 0.6 is 0 Å². The zero-order chi connectivity index (χ0) is 9.89. The first-order valence-electron chi connectivity index (χ1n) is 3.69. The van der Waals surface area contributed by atoms with Crippen LogP contribution in [0.1, 0.15) is 13.8 Å². The van der Waals surface area contributed by atoms with E-state index >= 15 is 0 Å². The summed E-state index contributed by atoms with van der Waals surface area (Å²) in [5.41, 5.74) is 0. The molecule has 1 atom stereocenters. The normalized spacial score (nSPS) is 12.8. The number of carbonyl (C=O) groups is 2. The molecule has 4 heteroatoms. The first kappa shape index (κ1) is 10.9. The summed E-state index contributed by atoms with van der Waals surface area (Å²) in [5, 5.41) is 8.74. The van der Waals surface area contributed by atoms with E-state index in [1.165, 1.54) is 7.05 Å². The molecule has 0 saturated carbocycles. The maximum atomic E-state index is 10.7. The molecule has 0 aliphatic heterocycles. The van der Waals surface area contributed by atoms with Gasteiger partial charge in [0.25, 0.3) is 0 Å². The Morgan fingerprint density at radius 2 is 1.83 bits per heavy atom. The Hall–Kier alpha value is -1.06. The molecule has 0 spiro atoms. The lowest BCUT2D eigenvalue weighted by atomic mass is 10.0. The third kappa shape index (κ3) is 2.53. The van der Waals surface area contributed by atoms with Crippen LogP contribution in [0.5, 0.6) is 0 Å². The number of carbonyl (C=O) groups excluding carboxylic acids is 1. The third-order valence-electron chi connectivity index (χ3n) is 1.70. The van der Waals surface area contributed by atoms with Crippen molar-refractivity contribution in [3.05, 3.63) is 6.92 Å². The summed E-state index contributed by atoms with van der Waals surface area (Å²) >= 11 is 0. The van der Waals surface area contributed by atoms with Crippen molar-refractivity contribution in [2.45, 2.75) is 19.9 Å². The maximum absolute atomic E-state index is 10.7. The monoisotopic (exact) mass is 172 g/mol. The predicted molar refractivity (Wildman–Crippen MR) is 44.4 cm³/mol. The van der Waals surface area contributed by atoms with E-state index in [0.717, 1.165) is 4.90 Å². The lowest BCUT2D eigenvalue weighted by molar-refractivity contribution is -0.149. The molecule has 0 aromatic rings. The lowest BCUT2D eigenvalue weighted by Gasteiger charge is -2.26. The Kier molecular flexibility index (Phi) is 3.73. The number of rotatable bonds is 3. The molecular weight excluding hydrogens is 158 g/mol. The fourth-order valence-corrected chi connectivity index (χ4v) is 1.05. The van der Waals surface area contributed by atoms with Crippen molar-refractivity contribution in [3.63, 3.8) is 0 Å². The number of likely N-dealkylation sites (N-methyl/N-ethyl adjacent to an activating group) is 1. The van der Waals surface area contributed by atoms with Gasteiger partial charge in [-0.25, -0.2) is 4.79 Å². The Balaban J connectivity index is 4.51. The minimum Gasteiger partial charge on any atom is -0.480 e. The molecule has 0 bridgehead atoms. The van der Waals surface area contributed by atoms with Crippen LogP contribution in [0.4, 0.5) is 0 Å². The average molecular weight is 172 g/mol. The summed E-state index contributed by atoms with van der Waals surface area (Å²) in [6.45, 7) is 6.64. The molecule has 0 aromatic carbocycles. The number of carboxylic acids is 1. The Morgan fingerprint density at radius 1 is 1.42 bits per heavy atom. The highest BCUT2D eigenvalue weighted by Crippen LogP contribution is 2.08. The highest BCUT2D eigenvalue weighted by molar-refractivity contribution is 5.85. The number of aliphatic carboxylic acids is 1. The molecule has 12 heavy (non-hydrogen) atoms. The van der Waals surface area contributed by atoms with Gasteiger partial charge in [-0.2, -0.15) is 0 Å². The summed E-state index contributed by atoms with van der Waals surface area (Å²) < 4.78 is 0. The van der Waals surface area contributed by atoms with Crippen molar-refractivity contribution in [1.29, 1.82) is 0 Å².